The van der Waals surface area contributed by atoms with Crippen LogP contribution in [-0.2, 0) is 16.1 Å². The van der Waals surface area contributed by atoms with Crippen molar-refractivity contribution >= 4 is 23.3 Å². The minimum Gasteiger partial charge on any atom is -0.475 e. The van der Waals surface area contributed by atoms with E-state index in [-0.39, 0.29) is 35.5 Å². The first-order chi connectivity index (χ1) is 13.5. The van der Waals surface area contributed by atoms with Crippen molar-refractivity contribution in [1.29, 1.82) is 0 Å². The van der Waals surface area contributed by atoms with Crippen molar-refractivity contribution in [1.82, 2.24) is 9.78 Å². The van der Waals surface area contributed by atoms with Gasteiger partial charge in [0.05, 0.1) is 13.2 Å². The van der Waals surface area contributed by atoms with Crippen LogP contribution < -0.4 is 15.6 Å². The topological polar surface area (TPSA) is 82.5 Å². The van der Waals surface area contributed by atoms with Crippen LogP contribution in [0.25, 0.3) is 0 Å². The summed E-state index contributed by atoms with van der Waals surface area (Å²) in [6.07, 6.45) is 0.951. The van der Waals surface area contributed by atoms with Crippen LogP contribution in [0.5, 0.6) is 5.88 Å². The zero-order chi connectivity index (χ0) is 21.9. The predicted octanol–water partition coefficient (Wildman–Crippen LogP) is 3.98. The molecule has 0 bridgehead atoms. The maximum Gasteiger partial charge on any atom is 0.327 e. The molecule has 0 amide bonds. The molecule has 29 heavy (non-hydrogen) atoms. The average Bonchev–Trinajstić information content (AvgIpc) is 2.65. The number of aromatic nitrogens is 2. The number of carbonyl (C=O) groups excluding carboxylic acids is 1. The summed E-state index contributed by atoms with van der Waals surface area (Å²) in [5.74, 6) is 1.02. The lowest BCUT2D eigenvalue weighted by molar-refractivity contribution is -0.144. The summed E-state index contributed by atoms with van der Waals surface area (Å²) in [4.78, 5) is 24.5. The van der Waals surface area contributed by atoms with Crippen LogP contribution in [-0.4, -0.2) is 35.0 Å². The molecule has 1 N–H and O–H groups in total. The third kappa shape index (κ3) is 4.87. The van der Waals surface area contributed by atoms with Gasteiger partial charge < -0.3 is 14.8 Å². The molecule has 1 aromatic heterocycles. The number of halogens is 1. The first kappa shape index (κ1) is 23.5. The van der Waals surface area contributed by atoms with Gasteiger partial charge >= 0.3 is 5.97 Å². The summed E-state index contributed by atoms with van der Waals surface area (Å²) in [5, 5.41) is 7.66. The number of nitrogens with zero attached hydrogens (tertiary/aromatic N) is 2. The molecule has 1 aromatic rings. The van der Waals surface area contributed by atoms with Gasteiger partial charge in [-0.25, -0.2) is 4.68 Å². The molecule has 0 spiro atoms. The summed E-state index contributed by atoms with van der Waals surface area (Å²) in [7, 11) is 0. The van der Waals surface area contributed by atoms with Crippen molar-refractivity contribution in [3.8, 4) is 5.88 Å². The Bertz CT molecular complexity index is 793. The summed E-state index contributed by atoms with van der Waals surface area (Å²) in [6, 6.07) is 0.131. The van der Waals surface area contributed by atoms with Crippen molar-refractivity contribution in [2.24, 2.45) is 23.2 Å². The van der Waals surface area contributed by atoms with Crippen molar-refractivity contribution in [2.75, 3.05) is 18.5 Å². The highest BCUT2D eigenvalue weighted by Crippen LogP contribution is 2.48. The summed E-state index contributed by atoms with van der Waals surface area (Å²) in [6.45, 7) is 15.2. The van der Waals surface area contributed by atoms with Crippen molar-refractivity contribution in [3.05, 3.63) is 15.4 Å². The SMILES string of the molecule is CCOC(=O)Cn1nc(OCC)c(N[C@@H]2C[C@H](C)C(C)(C)[C@H](C)[C@H]2C)c(Cl)c1=O. The molecule has 4 atom stereocenters. The van der Waals surface area contributed by atoms with Gasteiger partial charge in [0.15, 0.2) is 0 Å². The number of ether oxygens (including phenoxy) is 2. The highest BCUT2D eigenvalue weighted by atomic mass is 35.5. The highest BCUT2D eigenvalue weighted by molar-refractivity contribution is 6.33. The number of anilines is 1. The molecule has 1 saturated carbocycles. The Labute approximate surface area is 178 Å². The molecule has 2 rings (SSSR count). The monoisotopic (exact) mass is 427 g/mol. The summed E-state index contributed by atoms with van der Waals surface area (Å²) in [5.41, 5.74) is 0.0796. The van der Waals surface area contributed by atoms with Gasteiger partial charge in [0.1, 0.15) is 17.3 Å². The number of hydrogen-bond acceptors (Lipinski definition) is 6. The Morgan fingerprint density at radius 1 is 1.28 bits per heavy atom. The molecule has 0 aromatic carbocycles. The van der Waals surface area contributed by atoms with E-state index in [2.05, 4.69) is 45.0 Å². The molecule has 1 fully saturated rings. The van der Waals surface area contributed by atoms with E-state index >= 15 is 0 Å². The molecule has 7 nitrogen and oxygen atoms in total. The van der Waals surface area contributed by atoms with Gasteiger partial charge in [-0.2, -0.15) is 0 Å². The second-order valence-electron chi connectivity index (χ2n) is 8.55. The normalized spacial score (nSPS) is 26.1. The number of carbonyl (C=O) groups is 1. The van der Waals surface area contributed by atoms with Crippen LogP contribution in [0, 0.1) is 23.2 Å². The maximum absolute atomic E-state index is 12.7. The fraction of sp³-hybridized carbons (Fsp3) is 0.762. The van der Waals surface area contributed by atoms with Gasteiger partial charge in [0, 0.05) is 6.04 Å². The van der Waals surface area contributed by atoms with Crippen LogP contribution in [0.3, 0.4) is 0 Å². The van der Waals surface area contributed by atoms with E-state index in [0.29, 0.717) is 30.0 Å². The standard InChI is InChI=1S/C21H34ClN3O4/c1-8-28-16(26)11-25-20(27)17(22)18(19(24-25)29-9-2)23-15-10-12(3)21(6,7)14(5)13(15)4/h12-15,23H,8-11H2,1-7H3/t12-,13+,14+,15+/m0/s1. The quantitative estimate of drug-likeness (QED) is 0.663. The van der Waals surface area contributed by atoms with Gasteiger partial charge in [0.2, 0.25) is 0 Å². The van der Waals surface area contributed by atoms with Crippen LogP contribution in [0.2, 0.25) is 5.02 Å². The second-order valence-corrected chi connectivity index (χ2v) is 8.93. The Morgan fingerprint density at radius 3 is 2.52 bits per heavy atom. The average molecular weight is 428 g/mol. The first-order valence-electron chi connectivity index (χ1n) is 10.4. The van der Waals surface area contributed by atoms with Gasteiger partial charge in [-0.15, -0.1) is 5.10 Å². The van der Waals surface area contributed by atoms with Gasteiger partial charge in [-0.05, 0) is 43.4 Å². The molecular formula is C21H34ClN3O4. The molecule has 8 heteroatoms. The molecule has 0 aliphatic heterocycles. The van der Waals surface area contributed by atoms with Gasteiger partial charge in [0.25, 0.3) is 11.4 Å². The number of nitrogens with one attached hydrogen (secondary N) is 1. The number of rotatable bonds is 7. The van der Waals surface area contributed by atoms with Crippen molar-refractivity contribution < 1.29 is 14.3 Å². The minimum atomic E-state index is -0.549. The van der Waals surface area contributed by atoms with E-state index in [0.717, 1.165) is 11.1 Å². The third-order valence-corrected chi connectivity index (χ3v) is 7.09. The van der Waals surface area contributed by atoms with E-state index in [1.54, 1.807) is 6.92 Å². The van der Waals surface area contributed by atoms with Crippen molar-refractivity contribution in [3.63, 3.8) is 0 Å². The lowest BCUT2D eigenvalue weighted by atomic mass is 9.58. The fourth-order valence-electron chi connectivity index (χ4n) is 4.07. The fourth-order valence-corrected chi connectivity index (χ4v) is 4.30. The van der Waals surface area contributed by atoms with Crippen LogP contribution in [0.15, 0.2) is 4.79 Å². The lowest BCUT2D eigenvalue weighted by Gasteiger charge is -2.50. The Balaban J connectivity index is 2.38. The molecule has 0 radical (unpaired) electrons. The predicted molar refractivity (Wildman–Crippen MR) is 115 cm³/mol. The minimum absolute atomic E-state index is 0.0231. The Hall–Kier alpha value is -1.76. The molecular weight excluding hydrogens is 394 g/mol. The van der Waals surface area contributed by atoms with E-state index in [1.807, 2.05) is 6.92 Å². The van der Waals surface area contributed by atoms with E-state index in [9.17, 15) is 9.59 Å². The zero-order valence-corrected chi connectivity index (χ0v) is 19.3. The maximum atomic E-state index is 12.7. The van der Waals surface area contributed by atoms with Crippen LogP contribution in [0.1, 0.15) is 54.9 Å². The highest BCUT2D eigenvalue weighted by Gasteiger charge is 2.44. The molecule has 164 valence electrons. The molecule has 1 aliphatic rings. The zero-order valence-electron chi connectivity index (χ0n) is 18.5. The van der Waals surface area contributed by atoms with Gasteiger partial charge in [-0.1, -0.05) is 46.2 Å². The van der Waals surface area contributed by atoms with E-state index in [4.69, 9.17) is 21.1 Å². The first-order valence-corrected chi connectivity index (χ1v) is 10.8. The molecule has 0 unspecified atom stereocenters. The number of esters is 1. The van der Waals surface area contributed by atoms with E-state index in [1.165, 1.54) is 0 Å². The van der Waals surface area contributed by atoms with Crippen molar-refractivity contribution in [2.45, 2.75) is 67.5 Å². The number of hydrogen-bond donors (Lipinski definition) is 1. The third-order valence-electron chi connectivity index (χ3n) is 6.74. The lowest BCUT2D eigenvalue weighted by Crippen LogP contribution is -2.48. The van der Waals surface area contributed by atoms with Gasteiger partial charge in [-0.3, -0.25) is 9.59 Å². The second kappa shape index (κ2) is 9.37. The van der Waals surface area contributed by atoms with Crippen LogP contribution >= 0.6 is 11.6 Å². The summed E-state index contributed by atoms with van der Waals surface area (Å²) >= 11 is 6.43. The molecule has 1 aliphatic carbocycles. The molecule has 1 heterocycles. The van der Waals surface area contributed by atoms with Crippen LogP contribution in [0.4, 0.5) is 5.69 Å². The Kier molecular flexibility index (Phi) is 7.60. The summed E-state index contributed by atoms with van der Waals surface area (Å²) < 4.78 is 11.6. The Morgan fingerprint density at radius 2 is 1.93 bits per heavy atom. The smallest absolute Gasteiger partial charge is 0.327 e. The largest absolute Gasteiger partial charge is 0.475 e. The molecule has 0 saturated heterocycles. The van der Waals surface area contributed by atoms with E-state index < -0.39 is 11.5 Å².